The van der Waals surface area contributed by atoms with Crippen molar-refractivity contribution < 1.29 is 14.3 Å². The molecule has 0 fully saturated rings. The smallest absolute Gasteiger partial charge is 0.231 e. The SMILES string of the molecule is O=C1CC(c2ccc3c(c2)OCO3)c2c(ccc3ccccc23)N1Cc1cccc(Cl)c1. The summed E-state index contributed by atoms with van der Waals surface area (Å²) in [6.07, 6.45) is 0.390. The van der Waals surface area contributed by atoms with E-state index in [0.29, 0.717) is 18.0 Å². The molecule has 0 radical (unpaired) electrons. The van der Waals surface area contributed by atoms with Crippen LogP contribution in [0.25, 0.3) is 10.8 Å². The van der Waals surface area contributed by atoms with Crippen LogP contribution in [0.1, 0.15) is 29.0 Å². The molecular formula is C27H20ClNO3. The summed E-state index contributed by atoms with van der Waals surface area (Å²) in [5.41, 5.74) is 4.18. The zero-order chi connectivity index (χ0) is 21.7. The molecule has 0 bridgehead atoms. The van der Waals surface area contributed by atoms with Gasteiger partial charge in [0.05, 0.1) is 6.54 Å². The molecule has 6 rings (SSSR count). The largest absolute Gasteiger partial charge is 0.454 e. The lowest BCUT2D eigenvalue weighted by Crippen LogP contribution is -2.36. The predicted molar refractivity (Wildman–Crippen MR) is 126 cm³/mol. The van der Waals surface area contributed by atoms with Crippen LogP contribution in [0.3, 0.4) is 0 Å². The number of hydrogen-bond donors (Lipinski definition) is 0. The second-order valence-corrected chi connectivity index (χ2v) is 8.64. The maximum atomic E-state index is 13.4. The molecule has 0 aromatic heterocycles. The van der Waals surface area contributed by atoms with E-state index in [4.69, 9.17) is 21.1 Å². The van der Waals surface area contributed by atoms with Crippen LogP contribution in [0, 0.1) is 0 Å². The van der Waals surface area contributed by atoms with E-state index >= 15 is 0 Å². The van der Waals surface area contributed by atoms with Gasteiger partial charge in [-0.1, -0.05) is 60.1 Å². The number of nitrogens with zero attached hydrogens (tertiary/aromatic N) is 1. The topological polar surface area (TPSA) is 38.8 Å². The van der Waals surface area contributed by atoms with Gasteiger partial charge in [0, 0.05) is 23.0 Å². The molecule has 0 aliphatic carbocycles. The lowest BCUT2D eigenvalue weighted by Gasteiger charge is -2.35. The van der Waals surface area contributed by atoms with E-state index < -0.39 is 0 Å². The summed E-state index contributed by atoms with van der Waals surface area (Å²) in [6, 6.07) is 26.2. The van der Waals surface area contributed by atoms with E-state index in [0.717, 1.165) is 39.1 Å². The van der Waals surface area contributed by atoms with Crippen LogP contribution in [0.15, 0.2) is 78.9 Å². The van der Waals surface area contributed by atoms with Crippen molar-refractivity contribution in [3.63, 3.8) is 0 Å². The monoisotopic (exact) mass is 441 g/mol. The fourth-order valence-electron chi connectivity index (χ4n) is 4.81. The molecule has 2 aliphatic heterocycles. The quantitative estimate of drug-likeness (QED) is 0.375. The highest BCUT2D eigenvalue weighted by Crippen LogP contribution is 2.46. The van der Waals surface area contributed by atoms with Crippen molar-refractivity contribution in [2.45, 2.75) is 18.9 Å². The van der Waals surface area contributed by atoms with Gasteiger partial charge in [-0.25, -0.2) is 0 Å². The van der Waals surface area contributed by atoms with E-state index in [9.17, 15) is 4.79 Å². The first-order valence-electron chi connectivity index (χ1n) is 10.6. The van der Waals surface area contributed by atoms with Gasteiger partial charge in [0.2, 0.25) is 12.7 Å². The average Bonchev–Trinajstić information content (AvgIpc) is 3.28. The number of anilines is 1. The molecule has 1 amide bonds. The molecule has 158 valence electrons. The summed E-state index contributed by atoms with van der Waals surface area (Å²) in [5, 5.41) is 2.99. The van der Waals surface area contributed by atoms with Crippen molar-refractivity contribution in [1.29, 1.82) is 0 Å². The second kappa shape index (κ2) is 7.57. The molecule has 2 heterocycles. The van der Waals surface area contributed by atoms with E-state index in [-0.39, 0.29) is 18.6 Å². The number of amides is 1. The number of ether oxygens (including phenoxy) is 2. The van der Waals surface area contributed by atoms with Crippen molar-refractivity contribution in [3.8, 4) is 11.5 Å². The number of benzene rings is 4. The molecule has 2 aliphatic rings. The molecule has 1 atom stereocenters. The third kappa shape index (κ3) is 3.19. The van der Waals surface area contributed by atoms with Crippen LogP contribution in [0.4, 0.5) is 5.69 Å². The number of hydrogen-bond acceptors (Lipinski definition) is 3. The van der Waals surface area contributed by atoms with Gasteiger partial charge in [-0.15, -0.1) is 0 Å². The van der Waals surface area contributed by atoms with Gasteiger partial charge < -0.3 is 14.4 Å². The first-order valence-corrected chi connectivity index (χ1v) is 11.0. The van der Waals surface area contributed by atoms with Crippen molar-refractivity contribution in [2.24, 2.45) is 0 Å². The van der Waals surface area contributed by atoms with Crippen LogP contribution in [-0.4, -0.2) is 12.7 Å². The molecule has 4 aromatic rings. The highest BCUT2D eigenvalue weighted by molar-refractivity contribution is 6.30. The van der Waals surface area contributed by atoms with Crippen molar-refractivity contribution >= 4 is 34.0 Å². The minimum atomic E-state index is -0.0614. The molecule has 1 unspecified atom stereocenters. The number of rotatable bonds is 3. The van der Waals surface area contributed by atoms with Gasteiger partial charge in [0.1, 0.15) is 0 Å². The zero-order valence-electron chi connectivity index (χ0n) is 17.3. The normalized spacial score (nSPS) is 17.0. The van der Waals surface area contributed by atoms with Gasteiger partial charge in [-0.05, 0) is 57.8 Å². The Hall–Kier alpha value is -3.50. The number of carbonyl (C=O) groups excluding carboxylic acids is 1. The number of halogens is 1. The van der Waals surface area contributed by atoms with E-state index in [1.807, 2.05) is 53.4 Å². The first-order chi connectivity index (χ1) is 15.7. The first kappa shape index (κ1) is 19.2. The predicted octanol–water partition coefficient (Wildman–Crippen LogP) is 6.29. The van der Waals surface area contributed by atoms with Gasteiger partial charge in [-0.2, -0.15) is 0 Å². The zero-order valence-corrected chi connectivity index (χ0v) is 18.0. The Morgan fingerprint density at radius 1 is 0.906 bits per heavy atom. The molecule has 0 N–H and O–H groups in total. The fraction of sp³-hybridized carbons (Fsp3) is 0.148. The molecule has 0 saturated heterocycles. The number of fused-ring (bicyclic) bond motifs is 4. The lowest BCUT2D eigenvalue weighted by molar-refractivity contribution is -0.119. The van der Waals surface area contributed by atoms with E-state index in [1.165, 1.54) is 5.56 Å². The van der Waals surface area contributed by atoms with Gasteiger partial charge in [0.25, 0.3) is 0 Å². The Kier molecular flexibility index (Phi) is 4.54. The van der Waals surface area contributed by atoms with E-state index in [1.54, 1.807) is 0 Å². The average molecular weight is 442 g/mol. The summed E-state index contributed by atoms with van der Waals surface area (Å²) < 4.78 is 11.1. The third-order valence-electron chi connectivity index (χ3n) is 6.30. The second-order valence-electron chi connectivity index (χ2n) is 8.20. The van der Waals surface area contributed by atoms with Crippen LogP contribution in [0.5, 0.6) is 11.5 Å². The van der Waals surface area contributed by atoms with Crippen LogP contribution in [-0.2, 0) is 11.3 Å². The summed E-state index contributed by atoms with van der Waals surface area (Å²) in [4.78, 5) is 15.3. The highest BCUT2D eigenvalue weighted by atomic mass is 35.5. The fourth-order valence-corrected chi connectivity index (χ4v) is 5.03. The third-order valence-corrected chi connectivity index (χ3v) is 6.53. The Balaban J connectivity index is 1.51. The molecule has 4 aromatic carbocycles. The van der Waals surface area contributed by atoms with Crippen molar-refractivity contribution in [3.05, 3.63) is 101 Å². The Labute approximate surface area is 190 Å². The van der Waals surface area contributed by atoms with Crippen LogP contribution < -0.4 is 14.4 Å². The standard InChI is InChI=1S/C27H20ClNO3/c28-20-6-3-4-17(12-20)15-29-23-10-8-18-5-1-2-7-21(18)27(23)22(14-26(29)30)19-9-11-24-25(13-19)32-16-31-24/h1-13,22H,14-16H2. The highest BCUT2D eigenvalue weighted by Gasteiger charge is 2.34. The maximum absolute atomic E-state index is 13.4. The minimum Gasteiger partial charge on any atom is -0.454 e. The molecule has 0 saturated carbocycles. The number of carbonyl (C=O) groups is 1. The van der Waals surface area contributed by atoms with Gasteiger partial charge in [-0.3, -0.25) is 4.79 Å². The summed E-state index contributed by atoms with van der Waals surface area (Å²) in [5.74, 6) is 1.51. The van der Waals surface area contributed by atoms with Crippen molar-refractivity contribution in [1.82, 2.24) is 0 Å². The van der Waals surface area contributed by atoms with Crippen LogP contribution in [0.2, 0.25) is 5.02 Å². The molecule has 32 heavy (non-hydrogen) atoms. The Bertz CT molecular complexity index is 1370. The molecule has 0 spiro atoms. The van der Waals surface area contributed by atoms with Gasteiger partial charge in [0.15, 0.2) is 11.5 Å². The molecular weight excluding hydrogens is 422 g/mol. The van der Waals surface area contributed by atoms with Crippen LogP contribution >= 0.6 is 11.6 Å². The summed E-state index contributed by atoms with van der Waals surface area (Å²) in [6.45, 7) is 0.716. The Morgan fingerprint density at radius 3 is 2.69 bits per heavy atom. The van der Waals surface area contributed by atoms with E-state index in [2.05, 4.69) is 30.3 Å². The van der Waals surface area contributed by atoms with Gasteiger partial charge >= 0.3 is 0 Å². The maximum Gasteiger partial charge on any atom is 0.231 e. The van der Waals surface area contributed by atoms with Crippen molar-refractivity contribution in [2.75, 3.05) is 11.7 Å². The Morgan fingerprint density at radius 2 is 1.78 bits per heavy atom. The lowest BCUT2D eigenvalue weighted by atomic mass is 9.81. The summed E-state index contributed by atoms with van der Waals surface area (Å²) in [7, 11) is 0. The summed E-state index contributed by atoms with van der Waals surface area (Å²) >= 11 is 6.20. The molecule has 5 heteroatoms. The minimum absolute atomic E-state index is 0.0614. The molecule has 4 nitrogen and oxygen atoms in total.